The lowest BCUT2D eigenvalue weighted by atomic mass is 9.98. The molecule has 0 spiro atoms. The molecule has 0 radical (unpaired) electrons. The normalized spacial score (nSPS) is 16.0. The summed E-state index contributed by atoms with van der Waals surface area (Å²) in [4.78, 5) is 0. The average molecular weight is 357 g/mol. The van der Waals surface area contributed by atoms with Crippen molar-refractivity contribution >= 4 is 15.9 Å². The molecule has 0 aromatic heterocycles. The standard InChI is InChI=1S/C16H25BrN2O2/c1-3-21-15-9-13(8-14(17)16(15)20-2)11-19-10-12-4-6-18-7-5-12/h8-9,12,18-19H,3-7,10-11H2,1-2H3. The van der Waals surface area contributed by atoms with Crippen LogP contribution in [0.2, 0.25) is 0 Å². The molecule has 1 fully saturated rings. The smallest absolute Gasteiger partial charge is 0.174 e. The van der Waals surface area contributed by atoms with Crippen molar-refractivity contribution in [2.75, 3.05) is 33.4 Å². The Labute approximate surface area is 135 Å². The molecule has 2 N–H and O–H groups in total. The largest absolute Gasteiger partial charge is 0.492 e. The van der Waals surface area contributed by atoms with Crippen LogP contribution in [0.4, 0.5) is 0 Å². The van der Waals surface area contributed by atoms with Crippen LogP contribution < -0.4 is 20.1 Å². The second kappa shape index (κ2) is 8.61. The van der Waals surface area contributed by atoms with E-state index < -0.39 is 0 Å². The Morgan fingerprint density at radius 3 is 2.76 bits per heavy atom. The van der Waals surface area contributed by atoms with Gasteiger partial charge in [-0.1, -0.05) is 0 Å². The van der Waals surface area contributed by atoms with Crippen LogP contribution in [0.25, 0.3) is 0 Å². The predicted molar refractivity (Wildman–Crippen MR) is 89.2 cm³/mol. The first-order valence-electron chi connectivity index (χ1n) is 7.65. The van der Waals surface area contributed by atoms with Gasteiger partial charge in [0.2, 0.25) is 0 Å². The van der Waals surface area contributed by atoms with Crippen molar-refractivity contribution in [2.45, 2.75) is 26.3 Å². The van der Waals surface area contributed by atoms with E-state index in [1.54, 1.807) is 7.11 Å². The minimum atomic E-state index is 0.634. The highest BCUT2D eigenvalue weighted by molar-refractivity contribution is 9.10. The summed E-state index contributed by atoms with van der Waals surface area (Å²) in [6, 6.07) is 4.15. The number of halogens is 1. The van der Waals surface area contributed by atoms with Gasteiger partial charge in [-0.2, -0.15) is 0 Å². The lowest BCUT2D eigenvalue weighted by Crippen LogP contribution is -2.33. The highest BCUT2D eigenvalue weighted by atomic mass is 79.9. The Kier molecular flexibility index (Phi) is 6.80. The Hall–Kier alpha value is -0.780. The third-order valence-electron chi connectivity index (χ3n) is 3.79. The Bertz CT molecular complexity index is 448. The van der Waals surface area contributed by atoms with Gasteiger partial charge in [-0.25, -0.2) is 0 Å². The molecule has 1 aliphatic heterocycles. The van der Waals surface area contributed by atoms with Crippen LogP contribution in [0.3, 0.4) is 0 Å². The van der Waals surface area contributed by atoms with E-state index >= 15 is 0 Å². The van der Waals surface area contributed by atoms with Crippen molar-refractivity contribution in [1.29, 1.82) is 0 Å². The SMILES string of the molecule is CCOc1cc(CNCC2CCNCC2)cc(Br)c1OC. The fourth-order valence-electron chi connectivity index (χ4n) is 2.69. The number of methoxy groups -OCH3 is 1. The fourth-order valence-corrected chi connectivity index (χ4v) is 3.34. The molecule has 4 nitrogen and oxygen atoms in total. The quantitative estimate of drug-likeness (QED) is 0.788. The highest BCUT2D eigenvalue weighted by Crippen LogP contribution is 2.36. The Morgan fingerprint density at radius 2 is 2.10 bits per heavy atom. The van der Waals surface area contributed by atoms with Gasteiger partial charge in [-0.05, 0) is 78.9 Å². The molecule has 2 rings (SSSR count). The van der Waals surface area contributed by atoms with Crippen LogP contribution in [0.5, 0.6) is 11.5 Å². The minimum absolute atomic E-state index is 0.634. The van der Waals surface area contributed by atoms with E-state index in [0.29, 0.717) is 6.61 Å². The number of benzene rings is 1. The van der Waals surface area contributed by atoms with Gasteiger partial charge < -0.3 is 20.1 Å². The van der Waals surface area contributed by atoms with E-state index in [4.69, 9.17) is 9.47 Å². The number of hydrogen-bond donors (Lipinski definition) is 2. The molecule has 0 unspecified atom stereocenters. The van der Waals surface area contributed by atoms with Crippen LogP contribution in [-0.4, -0.2) is 33.4 Å². The van der Waals surface area contributed by atoms with Gasteiger partial charge in [-0.3, -0.25) is 0 Å². The summed E-state index contributed by atoms with van der Waals surface area (Å²) < 4.78 is 12.0. The molecule has 1 saturated heterocycles. The molecule has 5 heteroatoms. The van der Waals surface area contributed by atoms with Gasteiger partial charge in [0.25, 0.3) is 0 Å². The fraction of sp³-hybridized carbons (Fsp3) is 0.625. The van der Waals surface area contributed by atoms with E-state index in [1.165, 1.54) is 18.4 Å². The molecule has 118 valence electrons. The molecule has 21 heavy (non-hydrogen) atoms. The summed E-state index contributed by atoms with van der Waals surface area (Å²) in [5, 5.41) is 6.96. The molecule has 1 aromatic rings. The molecule has 0 saturated carbocycles. The molecular formula is C16H25BrN2O2. The molecule has 1 heterocycles. The summed E-state index contributed by atoms with van der Waals surface area (Å²) in [6.07, 6.45) is 2.53. The van der Waals surface area contributed by atoms with Crippen LogP contribution in [0.1, 0.15) is 25.3 Å². The summed E-state index contributed by atoms with van der Waals surface area (Å²) in [6.45, 7) is 6.84. The van der Waals surface area contributed by atoms with Crippen molar-refractivity contribution in [3.63, 3.8) is 0 Å². The summed E-state index contributed by atoms with van der Waals surface area (Å²) >= 11 is 3.56. The molecule has 0 atom stereocenters. The Morgan fingerprint density at radius 1 is 1.33 bits per heavy atom. The van der Waals surface area contributed by atoms with Crippen molar-refractivity contribution < 1.29 is 9.47 Å². The first-order chi connectivity index (χ1) is 10.2. The zero-order chi connectivity index (χ0) is 15.1. The number of ether oxygens (including phenoxy) is 2. The second-order valence-corrected chi connectivity index (χ2v) is 6.22. The number of hydrogen-bond acceptors (Lipinski definition) is 4. The summed E-state index contributed by atoms with van der Waals surface area (Å²) in [5.41, 5.74) is 1.21. The molecular weight excluding hydrogens is 332 g/mol. The molecule has 0 amide bonds. The van der Waals surface area contributed by atoms with Crippen molar-refractivity contribution in [1.82, 2.24) is 10.6 Å². The third kappa shape index (κ3) is 4.87. The van der Waals surface area contributed by atoms with Gasteiger partial charge in [0.1, 0.15) is 0 Å². The zero-order valence-electron chi connectivity index (χ0n) is 12.9. The highest BCUT2D eigenvalue weighted by Gasteiger charge is 2.13. The molecule has 1 aromatic carbocycles. The summed E-state index contributed by atoms with van der Waals surface area (Å²) in [5.74, 6) is 2.35. The molecule has 0 bridgehead atoms. The topological polar surface area (TPSA) is 42.5 Å². The number of nitrogens with one attached hydrogen (secondary N) is 2. The monoisotopic (exact) mass is 356 g/mol. The maximum atomic E-state index is 5.65. The Balaban J connectivity index is 1.92. The van der Waals surface area contributed by atoms with Crippen LogP contribution in [0, 0.1) is 5.92 Å². The average Bonchev–Trinajstić information content (AvgIpc) is 2.48. The predicted octanol–water partition coefficient (Wildman–Crippen LogP) is 2.95. The molecule has 0 aliphatic carbocycles. The number of piperidine rings is 1. The van der Waals surface area contributed by atoms with Gasteiger partial charge in [0, 0.05) is 6.54 Å². The van der Waals surface area contributed by atoms with Gasteiger partial charge in [-0.15, -0.1) is 0 Å². The van der Waals surface area contributed by atoms with Gasteiger partial charge in [0.05, 0.1) is 18.2 Å². The van der Waals surface area contributed by atoms with Gasteiger partial charge in [0.15, 0.2) is 11.5 Å². The van der Waals surface area contributed by atoms with E-state index in [-0.39, 0.29) is 0 Å². The van der Waals surface area contributed by atoms with E-state index in [2.05, 4.69) is 38.7 Å². The van der Waals surface area contributed by atoms with Crippen LogP contribution >= 0.6 is 15.9 Å². The third-order valence-corrected chi connectivity index (χ3v) is 4.38. The van der Waals surface area contributed by atoms with E-state index in [1.807, 2.05) is 6.92 Å². The van der Waals surface area contributed by atoms with Crippen LogP contribution in [-0.2, 0) is 6.54 Å². The van der Waals surface area contributed by atoms with E-state index in [0.717, 1.165) is 48.1 Å². The van der Waals surface area contributed by atoms with E-state index in [9.17, 15) is 0 Å². The first kappa shape index (κ1) is 16.6. The minimum Gasteiger partial charge on any atom is -0.492 e. The number of rotatable bonds is 7. The van der Waals surface area contributed by atoms with Gasteiger partial charge >= 0.3 is 0 Å². The lowest BCUT2D eigenvalue weighted by Gasteiger charge is -2.23. The zero-order valence-corrected chi connectivity index (χ0v) is 14.5. The van der Waals surface area contributed by atoms with Crippen molar-refractivity contribution in [3.05, 3.63) is 22.2 Å². The summed E-state index contributed by atoms with van der Waals surface area (Å²) in [7, 11) is 1.66. The van der Waals surface area contributed by atoms with Crippen molar-refractivity contribution in [3.8, 4) is 11.5 Å². The van der Waals surface area contributed by atoms with Crippen LogP contribution in [0.15, 0.2) is 16.6 Å². The maximum Gasteiger partial charge on any atom is 0.174 e. The first-order valence-corrected chi connectivity index (χ1v) is 8.44. The maximum absolute atomic E-state index is 5.65. The second-order valence-electron chi connectivity index (χ2n) is 5.37. The lowest BCUT2D eigenvalue weighted by molar-refractivity contribution is 0.309. The molecule has 1 aliphatic rings. The van der Waals surface area contributed by atoms with Crippen molar-refractivity contribution in [2.24, 2.45) is 5.92 Å².